The van der Waals surface area contributed by atoms with Crippen LogP contribution in [0.4, 0.5) is 4.39 Å². The average Bonchev–Trinajstić information content (AvgIpc) is 3.25. The Morgan fingerprint density at radius 1 is 1.10 bits per heavy atom. The lowest BCUT2D eigenvalue weighted by Crippen LogP contribution is -2.41. The molecule has 3 aromatic rings. The molecule has 1 saturated heterocycles. The third-order valence-corrected chi connectivity index (χ3v) is 5.58. The number of halogens is 1. The number of allylic oxidation sites excluding steroid dienone is 1. The van der Waals surface area contributed by atoms with E-state index in [1.807, 2.05) is 39.8 Å². The molecule has 2 aromatic heterocycles. The molecule has 4 rings (SSSR count). The number of furan rings is 1. The van der Waals surface area contributed by atoms with Crippen LogP contribution in [0.25, 0.3) is 16.6 Å². The van der Waals surface area contributed by atoms with E-state index >= 15 is 4.39 Å². The normalized spacial score (nSPS) is 18.9. The number of H-pyrrole nitrogens is 1. The van der Waals surface area contributed by atoms with E-state index in [0.29, 0.717) is 16.8 Å². The largest absolute Gasteiger partial charge is 0.525 e. The molecule has 1 aliphatic rings. The summed E-state index contributed by atoms with van der Waals surface area (Å²) >= 11 is 0. The Kier molecular flexibility index (Phi) is 4.71. The average molecular weight is 396 g/mol. The summed E-state index contributed by atoms with van der Waals surface area (Å²) in [7, 11) is -1.19. The van der Waals surface area contributed by atoms with Crippen LogP contribution in [0.5, 0.6) is 0 Å². The highest BCUT2D eigenvalue weighted by Crippen LogP contribution is 2.40. The van der Waals surface area contributed by atoms with Crippen LogP contribution in [0.2, 0.25) is 0 Å². The van der Waals surface area contributed by atoms with Crippen molar-refractivity contribution in [1.29, 1.82) is 0 Å². The van der Waals surface area contributed by atoms with E-state index < -0.39 is 24.0 Å². The molecule has 29 heavy (non-hydrogen) atoms. The number of fused-ring (bicyclic) bond motifs is 1. The summed E-state index contributed by atoms with van der Waals surface area (Å²) in [6.45, 7) is 7.40. The smallest absolute Gasteiger partial charge is 0.465 e. The van der Waals surface area contributed by atoms with Gasteiger partial charge in [-0.15, -0.1) is 0 Å². The molecule has 1 N–H and O–H groups in total. The molecule has 0 atom stereocenters. The first kappa shape index (κ1) is 19.6. The summed E-state index contributed by atoms with van der Waals surface area (Å²) in [5.41, 5.74) is -0.802. The molecule has 0 unspecified atom stereocenters. The number of aromatic amines is 1. The van der Waals surface area contributed by atoms with E-state index in [0.717, 1.165) is 0 Å². The van der Waals surface area contributed by atoms with E-state index in [2.05, 4.69) is 9.97 Å². The van der Waals surface area contributed by atoms with E-state index in [1.54, 1.807) is 24.3 Å². The summed E-state index contributed by atoms with van der Waals surface area (Å²) in [6, 6.07) is 10.5. The van der Waals surface area contributed by atoms with Gasteiger partial charge in [-0.3, -0.25) is 4.79 Å². The molecule has 0 amide bonds. The first-order valence-electron chi connectivity index (χ1n) is 9.44. The van der Waals surface area contributed by atoms with Crippen molar-refractivity contribution >= 4 is 23.7 Å². The second kappa shape index (κ2) is 6.97. The molecule has 6 nitrogen and oxygen atoms in total. The molecule has 0 bridgehead atoms. The van der Waals surface area contributed by atoms with Gasteiger partial charge in [-0.2, -0.15) is 0 Å². The highest BCUT2D eigenvalue weighted by Gasteiger charge is 2.53. The molecule has 1 fully saturated rings. The molecule has 1 aliphatic heterocycles. The van der Waals surface area contributed by atoms with Crippen molar-refractivity contribution in [3.05, 3.63) is 70.2 Å². The van der Waals surface area contributed by atoms with Crippen LogP contribution in [0.3, 0.4) is 0 Å². The molecule has 150 valence electrons. The molecule has 0 aliphatic carbocycles. The molecular weight excluding hydrogens is 374 g/mol. The number of aromatic nitrogens is 2. The van der Waals surface area contributed by atoms with Gasteiger partial charge in [0.2, 0.25) is 0 Å². The molecule has 0 radical (unpaired) electrons. The molecule has 1 aromatic carbocycles. The lowest BCUT2D eigenvalue weighted by Gasteiger charge is -2.32. The Morgan fingerprint density at radius 2 is 1.79 bits per heavy atom. The van der Waals surface area contributed by atoms with Crippen LogP contribution in [-0.2, 0) is 15.7 Å². The number of rotatable bonds is 4. The number of nitrogens with zero attached hydrogens (tertiary/aromatic N) is 1. The van der Waals surface area contributed by atoms with E-state index in [9.17, 15) is 4.79 Å². The van der Waals surface area contributed by atoms with E-state index in [4.69, 9.17) is 13.7 Å². The van der Waals surface area contributed by atoms with Gasteiger partial charge >= 0.3 is 7.12 Å². The minimum Gasteiger partial charge on any atom is -0.465 e. The molecule has 0 spiro atoms. The van der Waals surface area contributed by atoms with Crippen molar-refractivity contribution in [2.45, 2.75) is 45.3 Å². The first-order chi connectivity index (χ1) is 13.7. The highest BCUT2D eigenvalue weighted by molar-refractivity contribution is 6.55. The maximum absolute atomic E-state index is 15.6. The Bertz CT molecular complexity index is 1120. The van der Waals surface area contributed by atoms with Gasteiger partial charge in [-0.1, -0.05) is 12.1 Å². The van der Waals surface area contributed by atoms with Crippen LogP contribution in [-0.4, -0.2) is 28.3 Å². The fourth-order valence-electron chi connectivity index (χ4n) is 3.18. The Morgan fingerprint density at radius 3 is 2.45 bits per heavy atom. The number of benzene rings is 1. The first-order valence-corrected chi connectivity index (χ1v) is 9.44. The predicted octanol–water partition coefficient (Wildman–Crippen LogP) is 4.07. The Labute approximate surface area is 167 Å². The monoisotopic (exact) mass is 396 g/mol. The zero-order valence-electron chi connectivity index (χ0n) is 16.8. The maximum atomic E-state index is 15.6. The zero-order valence-corrected chi connectivity index (χ0v) is 16.8. The summed E-state index contributed by atoms with van der Waals surface area (Å²) in [6.07, 6.45) is 1.38. The third-order valence-electron chi connectivity index (χ3n) is 5.58. The Hall–Kier alpha value is -2.71. The van der Waals surface area contributed by atoms with Crippen molar-refractivity contribution in [2.75, 3.05) is 0 Å². The molecule has 0 saturated carbocycles. The van der Waals surface area contributed by atoms with Gasteiger partial charge in [0.15, 0.2) is 0 Å². The van der Waals surface area contributed by atoms with Gasteiger partial charge in [-0.25, -0.2) is 9.37 Å². The van der Waals surface area contributed by atoms with Crippen LogP contribution < -0.4 is 5.56 Å². The highest BCUT2D eigenvalue weighted by atomic mass is 19.1. The molecule has 8 heteroatoms. The number of hydrogen-bond acceptors (Lipinski definition) is 5. The SMILES string of the molecule is CC1(C)OB(C(F)=C(Cc2nc3ccccc3[nH]c2=O)c2ccco2)OC1(C)C. The second-order valence-corrected chi connectivity index (χ2v) is 8.10. The van der Waals surface area contributed by atoms with Crippen molar-refractivity contribution in [2.24, 2.45) is 0 Å². The minimum absolute atomic E-state index is 0.0659. The van der Waals surface area contributed by atoms with Crippen LogP contribution in [0.15, 0.2) is 57.6 Å². The van der Waals surface area contributed by atoms with Gasteiger partial charge in [0.1, 0.15) is 17.2 Å². The lowest BCUT2D eigenvalue weighted by atomic mass is 9.83. The predicted molar refractivity (Wildman–Crippen MR) is 109 cm³/mol. The van der Waals surface area contributed by atoms with Gasteiger partial charge in [0.25, 0.3) is 5.56 Å². The topological polar surface area (TPSA) is 77.4 Å². The van der Waals surface area contributed by atoms with E-state index in [1.165, 1.54) is 6.26 Å². The third kappa shape index (κ3) is 3.54. The fourth-order valence-corrected chi connectivity index (χ4v) is 3.18. The second-order valence-electron chi connectivity index (χ2n) is 8.10. The van der Waals surface area contributed by atoms with E-state index in [-0.39, 0.29) is 23.2 Å². The Balaban J connectivity index is 1.77. The summed E-state index contributed by atoms with van der Waals surface area (Å²) in [5.74, 6) is 0.298. The summed E-state index contributed by atoms with van der Waals surface area (Å²) in [4.78, 5) is 19.7. The van der Waals surface area contributed by atoms with Crippen molar-refractivity contribution < 1.29 is 18.1 Å². The number of nitrogens with one attached hydrogen (secondary N) is 1. The molecular formula is C21H22BFN2O4. The number of hydrogen-bond donors (Lipinski definition) is 1. The summed E-state index contributed by atoms with van der Waals surface area (Å²) < 4.78 is 32.7. The maximum Gasteiger partial charge on any atom is 0.525 e. The lowest BCUT2D eigenvalue weighted by molar-refractivity contribution is 0.00578. The van der Waals surface area contributed by atoms with Gasteiger partial charge in [0.05, 0.1) is 28.5 Å². The fraction of sp³-hybridized carbons (Fsp3) is 0.333. The van der Waals surface area contributed by atoms with Crippen LogP contribution >= 0.6 is 0 Å². The van der Waals surface area contributed by atoms with Crippen molar-refractivity contribution in [3.8, 4) is 0 Å². The van der Waals surface area contributed by atoms with Crippen molar-refractivity contribution in [1.82, 2.24) is 9.97 Å². The zero-order chi connectivity index (χ0) is 20.8. The summed E-state index contributed by atoms with van der Waals surface area (Å²) in [5, 5.41) is 0. The molecule has 3 heterocycles. The number of para-hydroxylation sites is 2. The quantitative estimate of drug-likeness (QED) is 0.673. The standard InChI is InChI=1S/C21H22BFN2O4/c1-20(2)21(3,4)29-22(28-20)18(23)13(17-10-7-11-27-17)12-16-19(26)25-15-9-6-5-8-14(15)24-16/h5-11H,12H2,1-4H3,(H,25,26). The van der Waals surface area contributed by atoms with Crippen molar-refractivity contribution in [3.63, 3.8) is 0 Å². The van der Waals surface area contributed by atoms with Gasteiger partial charge in [-0.05, 0) is 52.0 Å². The van der Waals surface area contributed by atoms with Crippen LogP contribution in [0, 0.1) is 0 Å². The minimum atomic E-state index is -1.19. The van der Waals surface area contributed by atoms with Gasteiger partial charge in [0, 0.05) is 12.0 Å². The van der Waals surface area contributed by atoms with Gasteiger partial charge < -0.3 is 18.7 Å². The van der Waals surface area contributed by atoms with Crippen LogP contribution in [0.1, 0.15) is 39.1 Å².